The maximum absolute atomic E-state index is 13.2. The van der Waals surface area contributed by atoms with E-state index in [4.69, 9.17) is 11.6 Å². The summed E-state index contributed by atoms with van der Waals surface area (Å²) in [6.07, 6.45) is 3.80. The topological polar surface area (TPSA) is 103 Å². The summed E-state index contributed by atoms with van der Waals surface area (Å²) in [5.74, 6) is -0.480. The number of alkyl halides is 2. The Hall–Kier alpha value is -3.47. The van der Waals surface area contributed by atoms with E-state index in [1.54, 1.807) is 12.3 Å². The highest BCUT2D eigenvalue weighted by Crippen LogP contribution is 2.46. The van der Waals surface area contributed by atoms with E-state index in [1.165, 1.54) is 34.0 Å². The first-order chi connectivity index (χ1) is 15.2. The Bertz CT molecular complexity index is 1340. The van der Waals surface area contributed by atoms with Gasteiger partial charge in [0.15, 0.2) is 11.5 Å². The largest absolute Gasteiger partial charge is 0.324 e. The van der Waals surface area contributed by atoms with Crippen LogP contribution in [0.2, 0.25) is 5.02 Å². The molecule has 4 aromatic rings. The van der Waals surface area contributed by atoms with Crippen molar-refractivity contribution in [3.63, 3.8) is 0 Å². The summed E-state index contributed by atoms with van der Waals surface area (Å²) in [5, 5.41) is 15.1. The van der Waals surface area contributed by atoms with Crippen LogP contribution in [0.25, 0.3) is 11.5 Å². The number of hydrogen-bond acceptors (Lipinski definition) is 6. The molecule has 4 aromatic heterocycles. The fraction of sp³-hybridized carbons (Fsp3) is 0.300. The molecule has 0 saturated carbocycles. The van der Waals surface area contributed by atoms with Crippen LogP contribution >= 0.6 is 11.6 Å². The molecular weight excluding hydrogens is 442 g/mol. The molecule has 164 valence electrons. The fourth-order valence-corrected chi connectivity index (χ4v) is 4.40. The lowest BCUT2D eigenvalue weighted by Crippen LogP contribution is -2.21. The Kier molecular flexibility index (Phi) is 4.66. The molecule has 0 bridgehead atoms. The number of pyridine rings is 1. The summed E-state index contributed by atoms with van der Waals surface area (Å²) in [5.41, 5.74) is 1.27. The predicted octanol–water partition coefficient (Wildman–Crippen LogP) is 3.70. The first kappa shape index (κ1) is 20.4. The number of rotatable bonds is 4. The van der Waals surface area contributed by atoms with E-state index in [-0.39, 0.29) is 16.6 Å². The van der Waals surface area contributed by atoms with Crippen LogP contribution < -0.4 is 5.32 Å². The Balaban J connectivity index is 1.46. The van der Waals surface area contributed by atoms with Crippen molar-refractivity contribution in [2.45, 2.75) is 38.0 Å². The van der Waals surface area contributed by atoms with Gasteiger partial charge in [0.1, 0.15) is 5.69 Å². The van der Waals surface area contributed by atoms with Gasteiger partial charge in [0.05, 0.1) is 40.9 Å². The van der Waals surface area contributed by atoms with Crippen LogP contribution in [0.15, 0.2) is 36.9 Å². The van der Waals surface area contributed by atoms with Gasteiger partial charge in [-0.15, -0.1) is 4.80 Å². The summed E-state index contributed by atoms with van der Waals surface area (Å²) in [6, 6.07) is 2.83. The zero-order valence-electron chi connectivity index (χ0n) is 17.0. The molecule has 0 aromatic carbocycles. The molecule has 0 fully saturated rings. The normalized spacial score (nSPS) is 17.1. The standard InChI is InChI=1S/C20H17ClF2N8O/c1-20(2)7-11(12-9-24-15-6-14(17(22)23)29-30(15)16(12)20)19(32)28-10-5-13(21)18(25-8-10)31-26-3-4-27-31/h3-6,8-9,11,17H,7H2,1-2H3,(H,28,32). The molecular formula is C20H17ClF2N8O. The van der Waals surface area contributed by atoms with E-state index in [1.807, 2.05) is 13.8 Å². The maximum Gasteiger partial charge on any atom is 0.282 e. The van der Waals surface area contributed by atoms with E-state index >= 15 is 0 Å². The third kappa shape index (κ3) is 3.29. The van der Waals surface area contributed by atoms with E-state index in [0.717, 1.165) is 0 Å². The second-order valence-corrected chi connectivity index (χ2v) is 8.59. The van der Waals surface area contributed by atoms with Gasteiger partial charge in [0.2, 0.25) is 5.91 Å². The summed E-state index contributed by atoms with van der Waals surface area (Å²) < 4.78 is 27.7. The van der Waals surface area contributed by atoms with E-state index in [9.17, 15) is 13.6 Å². The minimum Gasteiger partial charge on any atom is -0.324 e. The number of hydrogen-bond donors (Lipinski definition) is 1. The number of amides is 1. The van der Waals surface area contributed by atoms with Crippen molar-refractivity contribution in [2.75, 3.05) is 5.32 Å². The molecule has 4 heterocycles. The quantitative estimate of drug-likeness (QED) is 0.500. The smallest absolute Gasteiger partial charge is 0.282 e. The second-order valence-electron chi connectivity index (χ2n) is 8.18. The van der Waals surface area contributed by atoms with E-state index < -0.39 is 17.8 Å². The number of nitrogens with zero attached hydrogens (tertiary/aromatic N) is 7. The van der Waals surface area contributed by atoms with Crippen LogP contribution in [0.4, 0.5) is 14.5 Å². The molecule has 12 heteroatoms. The highest BCUT2D eigenvalue weighted by molar-refractivity contribution is 6.32. The molecule has 1 unspecified atom stereocenters. The lowest BCUT2D eigenvalue weighted by Gasteiger charge is -2.19. The van der Waals surface area contributed by atoms with Crippen LogP contribution in [0.5, 0.6) is 0 Å². The first-order valence-electron chi connectivity index (χ1n) is 9.75. The third-order valence-electron chi connectivity index (χ3n) is 5.50. The second kappa shape index (κ2) is 7.30. The number of fused-ring (bicyclic) bond motifs is 3. The molecule has 0 radical (unpaired) electrons. The molecule has 0 spiro atoms. The van der Waals surface area contributed by atoms with Crippen LogP contribution in [0, 0.1) is 0 Å². The van der Waals surface area contributed by atoms with Crippen LogP contribution in [-0.4, -0.2) is 40.5 Å². The van der Waals surface area contributed by atoms with Gasteiger partial charge >= 0.3 is 0 Å². The summed E-state index contributed by atoms with van der Waals surface area (Å²) >= 11 is 6.29. The molecule has 1 N–H and O–H groups in total. The van der Waals surface area contributed by atoms with Gasteiger partial charge in [-0.3, -0.25) is 4.79 Å². The van der Waals surface area contributed by atoms with Crippen molar-refractivity contribution in [3.05, 3.63) is 58.9 Å². The number of carbonyl (C=O) groups excluding carboxylic acids is 1. The zero-order chi connectivity index (χ0) is 22.6. The van der Waals surface area contributed by atoms with Gasteiger partial charge in [-0.05, 0) is 12.5 Å². The summed E-state index contributed by atoms with van der Waals surface area (Å²) in [4.78, 5) is 22.9. The average Bonchev–Trinajstić information content (AvgIpc) is 3.45. The number of carbonyl (C=O) groups is 1. The van der Waals surface area contributed by atoms with Gasteiger partial charge in [0, 0.05) is 23.2 Å². The van der Waals surface area contributed by atoms with Gasteiger partial charge < -0.3 is 5.32 Å². The Morgan fingerprint density at radius 1 is 1.22 bits per heavy atom. The van der Waals surface area contributed by atoms with Gasteiger partial charge in [-0.2, -0.15) is 15.3 Å². The van der Waals surface area contributed by atoms with E-state index in [2.05, 4.69) is 30.6 Å². The maximum atomic E-state index is 13.2. The number of aromatic nitrogens is 7. The van der Waals surface area contributed by atoms with Gasteiger partial charge in [0.25, 0.3) is 6.43 Å². The lowest BCUT2D eigenvalue weighted by atomic mass is 9.88. The molecule has 1 aliphatic carbocycles. The van der Waals surface area contributed by atoms with Crippen molar-refractivity contribution in [2.24, 2.45) is 0 Å². The number of halogens is 3. The first-order valence-corrected chi connectivity index (χ1v) is 10.1. The third-order valence-corrected chi connectivity index (χ3v) is 5.78. The van der Waals surface area contributed by atoms with E-state index in [0.29, 0.717) is 34.8 Å². The molecule has 9 nitrogen and oxygen atoms in total. The molecule has 1 atom stereocenters. The highest BCUT2D eigenvalue weighted by atomic mass is 35.5. The lowest BCUT2D eigenvalue weighted by molar-refractivity contribution is -0.117. The van der Waals surface area contributed by atoms with Crippen molar-refractivity contribution < 1.29 is 13.6 Å². The molecule has 0 aliphatic heterocycles. The Labute approximate surface area is 185 Å². The Morgan fingerprint density at radius 3 is 2.66 bits per heavy atom. The predicted molar refractivity (Wildman–Crippen MR) is 111 cm³/mol. The average molecular weight is 459 g/mol. The highest BCUT2D eigenvalue weighted by Gasteiger charge is 2.43. The monoisotopic (exact) mass is 458 g/mol. The zero-order valence-corrected chi connectivity index (χ0v) is 17.8. The molecule has 32 heavy (non-hydrogen) atoms. The van der Waals surface area contributed by atoms with Crippen molar-refractivity contribution in [1.29, 1.82) is 0 Å². The van der Waals surface area contributed by atoms with Crippen LogP contribution in [0.3, 0.4) is 0 Å². The van der Waals surface area contributed by atoms with Gasteiger partial charge in [-0.25, -0.2) is 23.3 Å². The Morgan fingerprint density at radius 2 is 1.97 bits per heavy atom. The molecule has 0 saturated heterocycles. The van der Waals surface area contributed by atoms with Crippen molar-refractivity contribution in [1.82, 2.24) is 34.6 Å². The minimum atomic E-state index is -2.70. The summed E-state index contributed by atoms with van der Waals surface area (Å²) in [7, 11) is 0. The van der Waals surface area contributed by atoms with Crippen LogP contribution in [0.1, 0.15) is 49.6 Å². The van der Waals surface area contributed by atoms with Crippen molar-refractivity contribution in [3.8, 4) is 5.82 Å². The molecule has 1 aliphatic rings. The molecule has 1 amide bonds. The van der Waals surface area contributed by atoms with Gasteiger partial charge in [-0.1, -0.05) is 25.4 Å². The fourth-order valence-electron chi connectivity index (χ4n) is 4.16. The summed E-state index contributed by atoms with van der Waals surface area (Å²) in [6.45, 7) is 3.90. The number of anilines is 1. The molecule has 5 rings (SSSR count). The van der Waals surface area contributed by atoms with Crippen molar-refractivity contribution >= 4 is 28.8 Å². The number of nitrogens with one attached hydrogen (secondary N) is 1. The SMILES string of the molecule is CC1(C)CC(C(=O)Nc2cnc(-n3nccn3)c(Cl)c2)c2cnc3cc(C(F)F)nn3c21. The minimum absolute atomic E-state index is 0.269. The van der Waals surface area contributed by atoms with Crippen LogP contribution in [-0.2, 0) is 10.2 Å².